The number of aromatic nitrogens is 3. The summed E-state index contributed by atoms with van der Waals surface area (Å²) >= 11 is 5.25. The highest BCUT2D eigenvalue weighted by Gasteiger charge is 2.47. The van der Waals surface area contributed by atoms with Crippen LogP contribution in [0.4, 0.5) is 0 Å². The van der Waals surface area contributed by atoms with E-state index in [0.717, 1.165) is 140 Å². The number of nitrogens with two attached hydrogens (primary N) is 2. The smallest absolute Gasteiger partial charge is 0.281 e. The normalized spacial score (nSPS) is 21.1. The molecule has 3 atom stereocenters. The number of allylic oxidation sites excluding steroid dienone is 1. The van der Waals surface area contributed by atoms with Gasteiger partial charge in [-0.05, 0) is 159 Å². The fourth-order valence-corrected chi connectivity index (χ4v) is 14.4. The standard InChI is InChI=1S/C43H45BrN6O3S.C16H30N4O/c1-27-39(54-26-46-27)30-10-8-29(9-11-30)38(45-25-51)41(53)49-22-16-32(17-23-49)48-20-14-28(15-21-48)31-12-13-33-36(24-31)50-35-7-5-6-34(44)37(35)40(52)47-42(50)43(33)18-3-2-4-19-43;1-11-6-5-9-19(11)15(21)14(16(2,3)4)20(18)10-13(17)12-7-8-12/h5-13,24-26,28,32,38H,2-4,14-23H2,1H3,(H,45,51);10-12,14H,5-9,17-18H2,1-4H3/b;13-10-. The van der Waals surface area contributed by atoms with Crippen molar-refractivity contribution in [3.63, 3.8) is 0 Å². The molecule has 4 aliphatic heterocycles. The number of carbonyl (C=O) groups excluding carboxylic acids is 3. The summed E-state index contributed by atoms with van der Waals surface area (Å²) in [5.41, 5.74) is 15.8. The Morgan fingerprint density at radius 3 is 2.25 bits per heavy atom. The van der Waals surface area contributed by atoms with E-state index in [1.54, 1.807) is 22.5 Å². The van der Waals surface area contributed by atoms with Crippen molar-refractivity contribution in [2.24, 2.45) is 22.9 Å². The third-order valence-electron chi connectivity index (χ3n) is 17.3. The number of rotatable bonds is 11. The largest absolute Gasteiger partial charge is 0.401 e. The number of nitrogens with zero attached hydrogens (tertiary/aromatic N) is 7. The van der Waals surface area contributed by atoms with Crippen LogP contribution in [0.5, 0.6) is 0 Å². The molecule has 3 amide bonds. The lowest BCUT2D eigenvalue weighted by atomic mass is 9.69. The summed E-state index contributed by atoms with van der Waals surface area (Å²) in [5.74, 6) is 8.14. The monoisotopic (exact) mass is 1100 g/mol. The van der Waals surface area contributed by atoms with Gasteiger partial charge in [-0.2, -0.15) is 4.98 Å². The third-order valence-corrected chi connectivity index (χ3v) is 19.0. The highest BCUT2D eigenvalue weighted by molar-refractivity contribution is 9.10. The summed E-state index contributed by atoms with van der Waals surface area (Å²) in [4.78, 5) is 68.6. The third kappa shape index (κ3) is 10.6. The van der Waals surface area contributed by atoms with Gasteiger partial charge in [0, 0.05) is 54.0 Å². The SMILES string of the molecule is CC1CCCN1C(=O)C(N(N)/C=C(\N)C1CC1)C(C)(C)C.Cc1ncsc1-c1ccc(C(NC=O)C(=O)N2CCC(N3CCC(c4ccc5c(c4)-n4c(nc(=O)c6c(Br)cccc64)C54CCCCC4)CC3)CC2)cc1. The zero-order chi connectivity index (χ0) is 52.8. The zero-order valence-electron chi connectivity index (χ0n) is 44.4. The van der Waals surface area contributed by atoms with Crippen molar-refractivity contribution in [2.75, 3.05) is 32.7 Å². The number of hydrogen-bond acceptors (Lipinski definition) is 11. The highest BCUT2D eigenvalue weighted by atomic mass is 79.9. The van der Waals surface area contributed by atoms with E-state index in [4.69, 9.17) is 16.6 Å². The molecule has 75 heavy (non-hydrogen) atoms. The van der Waals surface area contributed by atoms with Gasteiger partial charge >= 0.3 is 0 Å². The number of carbonyl (C=O) groups is 3. The predicted octanol–water partition coefficient (Wildman–Crippen LogP) is 9.60. The molecule has 16 heteroatoms. The maximum absolute atomic E-state index is 13.8. The molecule has 3 saturated heterocycles. The number of amides is 3. The molecule has 398 valence electrons. The number of hydrazine groups is 1. The predicted molar refractivity (Wildman–Crippen MR) is 301 cm³/mol. The van der Waals surface area contributed by atoms with Gasteiger partial charge in [0.1, 0.15) is 17.9 Å². The molecule has 3 aromatic carbocycles. The molecular weight excluding hydrogens is 1020 g/mol. The number of halogens is 1. The van der Waals surface area contributed by atoms with Gasteiger partial charge in [0.15, 0.2) is 0 Å². The molecule has 2 aliphatic carbocycles. The topological polar surface area (TPSA) is 176 Å². The van der Waals surface area contributed by atoms with E-state index in [1.807, 2.05) is 58.6 Å². The van der Waals surface area contributed by atoms with Crippen molar-refractivity contribution in [1.29, 1.82) is 0 Å². The molecule has 11 rings (SSSR count). The van der Waals surface area contributed by atoms with E-state index in [0.29, 0.717) is 48.8 Å². The van der Waals surface area contributed by atoms with Crippen LogP contribution in [0.3, 0.4) is 0 Å². The summed E-state index contributed by atoms with van der Waals surface area (Å²) in [7, 11) is 0. The van der Waals surface area contributed by atoms with E-state index in [9.17, 15) is 19.2 Å². The van der Waals surface area contributed by atoms with Crippen LogP contribution in [0.2, 0.25) is 0 Å². The summed E-state index contributed by atoms with van der Waals surface area (Å²) in [6, 6.07) is 20.7. The van der Waals surface area contributed by atoms with Gasteiger partial charge < -0.3 is 30.8 Å². The van der Waals surface area contributed by atoms with Crippen molar-refractivity contribution in [3.8, 4) is 16.1 Å². The lowest BCUT2D eigenvalue weighted by Crippen LogP contribution is -2.56. The molecule has 2 saturated carbocycles. The molecule has 6 aliphatic rings. The Hall–Kier alpha value is -5.42. The Labute approximate surface area is 454 Å². The Balaban J connectivity index is 0.000000257. The van der Waals surface area contributed by atoms with Crippen LogP contribution in [-0.4, -0.2) is 103 Å². The van der Waals surface area contributed by atoms with Crippen LogP contribution in [0.15, 0.2) is 87.3 Å². The second-order valence-corrected chi connectivity index (χ2v) is 25.0. The number of hydrogen-bond donors (Lipinski definition) is 3. The minimum atomic E-state index is -0.700. The minimum Gasteiger partial charge on any atom is -0.401 e. The second-order valence-electron chi connectivity index (χ2n) is 23.2. The summed E-state index contributed by atoms with van der Waals surface area (Å²) in [6.07, 6.45) is 16.5. The summed E-state index contributed by atoms with van der Waals surface area (Å²) in [5, 5.41) is 4.99. The quantitative estimate of drug-likeness (QED) is 0.0656. The molecule has 5 aromatic rings. The van der Waals surface area contributed by atoms with Gasteiger partial charge in [-0.1, -0.05) is 82.5 Å². The zero-order valence-corrected chi connectivity index (χ0v) is 46.8. The molecule has 5 fully saturated rings. The number of likely N-dealkylation sites (tertiary alicyclic amines) is 3. The number of piperidine rings is 2. The molecule has 3 unspecified atom stereocenters. The van der Waals surface area contributed by atoms with Crippen molar-refractivity contribution >= 4 is 56.4 Å². The molecule has 14 nitrogen and oxygen atoms in total. The van der Waals surface area contributed by atoms with Crippen LogP contribution >= 0.6 is 27.3 Å². The number of thiazole rings is 1. The molecule has 2 aromatic heterocycles. The molecule has 1 spiro atoms. The van der Waals surface area contributed by atoms with E-state index >= 15 is 0 Å². The molecule has 0 bridgehead atoms. The molecule has 6 heterocycles. The maximum atomic E-state index is 13.8. The Morgan fingerprint density at radius 1 is 0.907 bits per heavy atom. The Morgan fingerprint density at radius 2 is 1.63 bits per heavy atom. The van der Waals surface area contributed by atoms with E-state index < -0.39 is 6.04 Å². The fraction of sp³-hybridized carbons (Fsp3) is 0.525. The number of fused-ring (bicyclic) bond motifs is 7. The average Bonchev–Trinajstić information content (AvgIpc) is 4.00. The number of aryl methyl sites for hydroxylation is 1. The van der Waals surface area contributed by atoms with Gasteiger partial charge in [-0.15, -0.1) is 11.3 Å². The van der Waals surface area contributed by atoms with Gasteiger partial charge in [0.05, 0.1) is 38.1 Å². The van der Waals surface area contributed by atoms with Gasteiger partial charge in [-0.25, -0.2) is 10.8 Å². The molecule has 5 N–H and O–H groups in total. The van der Waals surface area contributed by atoms with Crippen LogP contribution in [0.25, 0.3) is 27.0 Å². The van der Waals surface area contributed by atoms with Crippen LogP contribution in [0.1, 0.15) is 151 Å². The van der Waals surface area contributed by atoms with E-state index in [1.165, 1.54) is 23.2 Å². The fourth-order valence-electron chi connectivity index (χ4n) is 13.1. The van der Waals surface area contributed by atoms with Crippen LogP contribution in [0, 0.1) is 18.3 Å². The highest BCUT2D eigenvalue weighted by Crippen LogP contribution is 2.52. The second kappa shape index (κ2) is 21.9. The van der Waals surface area contributed by atoms with Gasteiger partial charge in [0.25, 0.3) is 5.56 Å². The summed E-state index contributed by atoms with van der Waals surface area (Å²) in [6.45, 7) is 14.5. The van der Waals surface area contributed by atoms with Crippen LogP contribution < -0.4 is 22.5 Å². The Kier molecular flexibility index (Phi) is 15.5. The first-order valence-corrected chi connectivity index (χ1v) is 29.2. The van der Waals surface area contributed by atoms with Crippen LogP contribution in [-0.2, 0) is 19.8 Å². The maximum Gasteiger partial charge on any atom is 0.281 e. The van der Waals surface area contributed by atoms with E-state index in [2.05, 4.69) is 87.7 Å². The number of nitrogens with one attached hydrogen (secondary N) is 1. The first kappa shape index (κ1) is 53.0. The van der Waals surface area contributed by atoms with Gasteiger partial charge in [-0.3, -0.25) is 23.7 Å². The first-order valence-electron chi connectivity index (χ1n) is 27.5. The van der Waals surface area contributed by atoms with Crippen molar-refractivity contribution in [3.05, 3.63) is 121 Å². The van der Waals surface area contributed by atoms with Gasteiger partial charge in [0.2, 0.25) is 18.2 Å². The lowest BCUT2D eigenvalue weighted by molar-refractivity contribution is -0.140. The van der Waals surface area contributed by atoms with Crippen molar-refractivity contribution in [2.45, 2.75) is 154 Å². The van der Waals surface area contributed by atoms with Crippen molar-refractivity contribution in [1.82, 2.24) is 39.6 Å². The number of benzene rings is 3. The molecular formula is C59H75BrN10O4S. The van der Waals surface area contributed by atoms with E-state index in [-0.39, 0.29) is 34.2 Å². The molecule has 0 radical (unpaired) electrons. The first-order chi connectivity index (χ1) is 36.1. The summed E-state index contributed by atoms with van der Waals surface area (Å²) < 4.78 is 3.10. The van der Waals surface area contributed by atoms with Crippen molar-refractivity contribution < 1.29 is 14.4 Å². The minimum absolute atomic E-state index is 0.0474. The average molecular weight is 1100 g/mol. The lowest BCUT2D eigenvalue weighted by Gasteiger charge is -2.42. The Bertz CT molecular complexity index is 2990.